The lowest BCUT2D eigenvalue weighted by molar-refractivity contribution is -0.132. The van der Waals surface area contributed by atoms with Crippen LogP contribution in [0.1, 0.15) is 16.7 Å². The average Bonchev–Trinajstić information content (AvgIpc) is 2.71. The number of hydrogen-bond donors (Lipinski definition) is 1. The molecule has 0 bridgehead atoms. The number of rotatable bonds is 5. The summed E-state index contributed by atoms with van der Waals surface area (Å²) in [5.41, 5.74) is 2.00. The summed E-state index contributed by atoms with van der Waals surface area (Å²) in [4.78, 5) is 23.9. The third-order valence-corrected chi connectivity index (χ3v) is 7.29. The third-order valence-electron chi connectivity index (χ3n) is 4.81. The number of fused-ring (bicyclic) bond motifs is 1. The molecule has 1 N–H and O–H groups in total. The summed E-state index contributed by atoms with van der Waals surface area (Å²) in [6.07, 6.45) is 2.74. The molecule has 1 heterocycles. The summed E-state index contributed by atoms with van der Waals surface area (Å²) in [7, 11) is -9.73. The van der Waals surface area contributed by atoms with E-state index < -0.39 is 21.0 Å². The smallest absolute Gasteiger partial charge is 0.310 e. The van der Waals surface area contributed by atoms with Crippen LogP contribution in [0.4, 0.5) is 19.4 Å². The van der Waals surface area contributed by atoms with Crippen LogP contribution < -0.4 is 5.32 Å². The average molecular weight is 560 g/mol. The van der Waals surface area contributed by atoms with E-state index in [1.807, 2.05) is 6.07 Å². The van der Waals surface area contributed by atoms with Gasteiger partial charge in [-0.3, -0.25) is 9.59 Å². The van der Waals surface area contributed by atoms with E-state index in [1.54, 1.807) is 11.0 Å². The van der Waals surface area contributed by atoms with Crippen LogP contribution >= 0.6 is 37.8 Å². The van der Waals surface area contributed by atoms with Gasteiger partial charge >= 0.3 is 10.2 Å². The van der Waals surface area contributed by atoms with E-state index >= 15 is 0 Å². The molecule has 32 heavy (non-hydrogen) atoms. The molecule has 0 atom stereocenters. The van der Waals surface area contributed by atoms with E-state index in [0.29, 0.717) is 24.5 Å². The van der Waals surface area contributed by atoms with Gasteiger partial charge in [0.1, 0.15) is 4.90 Å². The van der Waals surface area contributed by atoms with Gasteiger partial charge in [0, 0.05) is 23.6 Å². The van der Waals surface area contributed by atoms with Crippen molar-refractivity contribution < 1.29 is 29.0 Å². The first-order chi connectivity index (χ1) is 14.6. The Morgan fingerprint density at radius 1 is 1.09 bits per heavy atom. The Balaban J connectivity index is 1.54. The highest BCUT2D eigenvalue weighted by Gasteiger charge is 2.65. The lowest BCUT2D eigenvalue weighted by atomic mass is 10.00. The summed E-state index contributed by atoms with van der Waals surface area (Å²) in [6, 6.07) is 5.86. The minimum Gasteiger partial charge on any atom is -0.343 e. The van der Waals surface area contributed by atoms with E-state index in [9.17, 15) is 29.0 Å². The minimum atomic E-state index is -9.73. The molecule has 0 aliphatic carbocycles. The molecule has 2 amide bonds. The maximum atomic E-state index is 12.7. The van der Waals surface area contributed by atoms with E-state index in [0.717, 1.165) is 39.9 Å². The van der Waals surface area contributed by atoms with Gasteiger partial charge in [0.15, 0.2) is 0 Å². The molecule has 0 saturated carbocycles. The van der Waals surface area contributed by atoms with Gasteiger partial charge in [-0.15, -0.1) is 0 Å². The SMILES string of the molecule is O=C(/C=C/c1ccc(S(F)(F)(F)(F)F)cc1)NCC(=O)N1CCc2c(ccc(Br)c2Cl)C1. The fraction of sp³-hybridized carbons (Fsp3) is 0.200. The van der Waals surface area contributed by atoms with Gasteiger partial charge in [0.25, 0.3) is 0 Å². The highest BCUT2D eigenvalue weighted by molar-refractivity contribution is 9.10. The zero-order valence-electron chi connectivity index (χ0n) is 16.3. The predicted molar refractivity (Wildman–Crippen MR) is 118 cm³/mol. The maximum Gasteiger partial charge on any atom is 0.310 e. The lowest BCUT2D eigenvalue weighted by Gasteiger charge is -2.40. The van der Waals surface area contributed by atoms with E-state index in [2.05, 4.69) is 21.2 Å². The molecule has 0 unspecified atom stereocenters. The molecule has 0 aromatic heterocycles. The van der Waals surface area contributed by atoms with Crippen LogP contribution in [0.25, 0.3) is 6.08 Å². The number of carbonyl (C=O) groups is 2. The third kappa shape index (κ3) is 6.02. The van der Waals surface area contributed by atoms with Gasteiger partial charge in [0.2, 0.25) is 11.8 Å². The van der Waals surface area contributed by atoms with Crippen molar-refractivity contribution in [2.45, 2.75) is 17.9 Å². The zero-order valence-corrected chi connectivity index (χ0v) is 19.4. The molecule has 2 aromatic carbocycles. The molecule has 0 saturated heterocycles. The first-order valence-corrected chi connectivity index (χ1v) is 12.3. The number of amides is 2. The predicted octanol–water partition coefficient (Wildman–Crippen LogP) is 6.47. The number of nitrogens with one attached hydrogen (secondary N) is 1. The summed E-state index contributed by atoms with van der Waals surface area (Å²) in [5.74, 6) is -0.962. The second-order valence-corrected chi connectivity index (χ2v) is 10.8. The van der Waals surface area contributed by atoms with Crippen LogP contribution in [0, 0.1) is 0 Å². The molecule has 1 aliphatic heterocycles. The largest absolute Gasteiger partial charge is 0.343 e. The Hall–Kier alpha value is -2.11. The maximum absolute atomic E-state index is 12.7. The van der Waals surface area contributed by atoms with Crippen molar-refractivity contribution in [2.24, 2.45) is 0 Å². The van der Waals surface area contributed by atoms with Crippen molar-refractivity contribution in [2.75, 3.05) is 13.1 Å². The van der Waals surface area contributed by atoms with Crippen LogP contribution in [0.3, 0.4) is 0 Å². The Bertz CT molecular complexity index is 1110. The molecule has 174 valence electrons. The summed E-state index contributed by atoms with van der Waals surface area (Å²) in [6.45, 7) is 0.517. The highest BCUT2D eigenvalue weighted by atomic mass is 79.9. The molecule has 3 rings (SSSR count). The molecule has 0 fully saturated rings. The van der Waals surface area contributed by atoms with Gasteiger partial charge < -0.3 is 10.2 Å². The topological polar surface area (TPSA) is 49.4 Å². The highest BCUT2D eigenvalue weighted by Crippen LogP contribution is 3.02. The zero-order chi connectivity index (χ0) is 23.8. The molecular weight excluding hydrogens is 543 g/mol. The van der Waals surface area contributed by atoms with Crippen molar-refractivity contribution in [1.82, 2.24) is 10.2 Å². The number of halogens is 7. The van der Waals surface area contributed by atoms with E-state index in [4.69, 9.17) is 11.6 Å². The first kappa shape index (κ1) is 24.5. The molecule has 1 aliphatic rings. The number of benzene rings is 2. The monoisotopic (exact) mass is 558 g/mol. The van der Waals surface area contributed by atoms with Crippen molar-refractivity contribution >= 4 is 55.6 Å². The van der Waals surface area contributed by atoms with Gasteiger partial charge in [-0.25, -0.2) is 0 Å². The standard InChI is InChI=1S/C20H17BrClF5N2O2S/c21-17-7-4-14-12-29(10-9-16(14)20(17)22)19(31)11-28-18(30)8-3-13-1-5-15(6-2-13)32(23,24,25,26)27/h1-8H,9-12H2,(H,28,30)/b8-3+. The molecule has 0 spiro atoms. The minimum absolute atomic E-state index is 0.118. The van der Waals surface area contributed by atoms with Gasteiger partial charge in [-0.05, 0) is 63.3 Å². The van der Waals surface area contributed by atoms with Gasteiger partial charge in [-0.1, -0.05) is 49.2 Å². The van der Waals surface area contributed by atoms with Crippen LogP contribution in [0.2, 0.25) is 5.02 Å². The molecule has 2 aromatic rings. The Labute approximate surface area is 194 Å². The van der Waals surface area contributed by atoms with Crippen molar-refractivity contribution in [3.8, 4) is 0 Å². The van der Waals surface area contributed by atoms with Crippen LogP contribution in [-0.4, -0.2) is 29.8 Å². The second kappa shape index (κ2) is 8.03. The molecule has 4 nitrogen and oxygen atoms in total. The van der Waals surface area contributed by atoms with Crippen LogP contribution in [0.5, 0.6) is 0 Å². The lowest BCUT2D eigenvalue weighted by Crippen LogP contribution is -2.42. The Morgan fingerprint density at radius 3 is 2.38 bits per heavy atom. The van der Waals surface area contributed by atoms with Crippen molar-refractivity contribution in [1.29, 1.82) is 0 Å². The number of nitrogens with zero attached hydrogens (tertiary/aromatic N) is 1. The normalized spacial score (nSPS) is 16.3. The molecular formula is C20H17BrClF5N2O2S. The molecule has 0 radical (unpaired) electrons. The van der Waals surface area contributed by atoms with Crippen molar-refractivity contribution in [3.63, 3.8) is 0 Å². The summed E-state index contributed by atoms with van der Waals surface area (Å²) < 4.78 is 64.4. The van der Waals surface area contributed by atoms with E-state index in [-0.39, 0.29) is 30.1 Å². The molecule has 12 heteroatoms. The van der Waals surface area contributed by atoms with E-state index in [1.165, 1.54) is 0 Å². The fourth-order valence-corrected chi connectivity index (χ4v) is 4.44. The fourth-order valence-electron chi connectivity index (χ4n) is 3.14. The summed E-state index contributed by atoms with van der Waals surface area (Å²) in [5, 5.41) is 3.01. The Kier molecular flexibility index (Phi) is 6.16. The summed E-state index contributed by atoms with van der Waals surface area (Å²) >= 11 is 9.62. The Morgan fingerprint density at radius 2 is 1.75 bits per heavy atom. The quantitative estimate of drug-likeness (QED) is 0.337. The van der Waals surface area contributed by atoms with Gasteiger partial charge in [-0.2, -0.15) is 0 Å². The van der Waals surface area contributed by atoms with Crippen LogP contribution in [-0.2, 0) is 22.6 Å². The number of carbonyl (C=O) groups excluding carboxylic acids is 2. The van der Waals surface area contributed by atoms with Gasteiger partial charge in [0.05, 0.1) is 11.6 Å². The van der Waals surface area contributed by atoms with Crippen LogP contribution in [0.15, 0.2) is 51.8 Å². The number of hydrogen-bond acceptors (Lipinski definition) is 2. The second-order valence-electron chi connectivity index (χ2n) is 7.15. The first-order valence-electron chi connectivity index (χ1n) is 9.17. The van der Waals surface area contributed by atoms with Crippen molar-refractivity contribution in [3.05, 3.63) is 68.7 Å².